The molecule has 0 saturated heterocycles. The molecule has 3 aromatic carbocycles. The number of ether oxygens (including phenoxy) is 1. The van der Waals surface area contributed by atoms with Crippen LogP contribution in [0.4, 0.5) is 0 Å². The minimum atomic E-state index is -1.30. The molecule has 356 valence electrons. The van der Waals surface area contributed by atoms with Crippen LogP contribution in [-0.4, -0.2) is 87.9 Å². The van der Waals surface area contributed by atoms with E-state index in [0.717, 1.165) is 11.1 Å². The molecule has 5 rings (SSSR count). The molecule has 1 aliphatic heterocycles. The summed E-state index contributed by atoms with van der Waals surface area (Å²) >= 11 is 0. The predicted octanol–water partition coefficient (Wildman–Crippen LogP) is 5.44. The van der Waals surface area contributed by atoms with Gasteiger partial charge in [-0.25, -0.2) is 9.97 Å². The highest BCUT2D eigenvalue weighted by molar-refractivity contribution is 7.59. The zero-order valence-corrected chi connectivity index (χ0v) is 40.3. The summed E-state index contributed by atoms with van der Waals surface area (Å²) in [6.45, 7) is 11.6. The number of amides is 2. The van der Waals surface area contributed by atoms with Crippen LogP contribution in [0.1, 0.15) is 104 Å². The van der Waals surface area contributed by atoms with Gasteiger partial charge >= 0.3 is 0 Å². The van der Waals surface area contributed by atoms with Gasteiger partial charge in [0.2, 0.25) is 11.8 Å². The number of Topliss-reactive ketones (excluding diaryl/α,β-unsaturated/α-hetero) is 3. The Kier molecular flexibility index (Phi) is 18.3. The van der Waals surface area contributed by atoms with Gasteiger partial charge in [-0.15, -0.1) is 0 Å². The Morgan fingerprint density at radius 1 is 1.00 bits per heavy atom. The number of phenolic OH excluding ortho intramolecular Hbond substituents is 1. The molecule has 16 nitrogen and oxygen atoms in total. The third-order valence-corrected chi connectivity index (χ3v) is 11.8. The molecule has 67 heavy (non-hydrogen) atoms. The minimum Gasteiger partial charge on any atom is -0.507 e. The van der Waals surface area contributed by atoms with Crippen molar-refractivity contribution in [3.05, 3.63) is 94.3 Å². The number of nitrogens with two attached hydrogens (primary N) is 3. The molecule has 0 fully saturated rings. The lowest BCUT2D eigenvalue weighted by atomic mass is 9.86. The fourth-order valence-electron chi connectivity index (χ4n) is 8.21. The van der Waals surface area contributed by atoms with E-state index in [9.17, 15) is 34.3 Å². The maximum absolute atomic E-state index is 14.8. The molecule has 1 aliphatic rings. The van der Waals surface area contributed by atoms with Crippen molar-refractivity contribution in [3.8, 4) is 40.1 Å². The molecule has 8 N–H and O–H groups in total. The molecular formula is C50H63N9O7S. The first-order chi connectivity index (χ1) is 31.2. The number of carbonyl (C=O) groups is 5. The summed E-state index contributed by atoms with van der Waals surface area (Å²) in [6, 6.07) is 17.2. The summed E-state index contributed by atoms with van der Waals surface area (Å²) in [4.78, 5) is 85.5. The molecule has 2 amide bonds. The van der Waals surface area contributed by atoms with Crippen molar-refractivity contribution >= 4 is 48.6 Å². The van der Waals surface area contributed by atoms with E-state index >= 15 is 0 Å². The van der Waals surface area contributed by atoms with Gasteiger partial charge in [-0.05, 0) is 79.6 Å². The highest BCUT2D eigenvalue weighted by atomic mass is 32.1. The number of benzene rings is 3. The van der Waals surface area contributed by atoms with Crippen molar-refractivity contribution in [1.29, 1.82) is 5.26 Å². The van der Waals surface area contributed by atoms with Crippen molar-refractivity contribution < 1.29 is 33.8 Å². The summed E-state index contributed by atoms with van der Waals surface area (Å²) < 4.78 is 6.12. The van der Waals surface area contributed by atoms with E-state index in [1.807, 2.05) is 30.3 Å². The minimum absolute atomic E-state index is 0. The molecule has 17 heteroatoms. The monoisotopic (exact) mass is 933 g/mol. The second-order valence-corrected chi connectivity index (χ2v) is 17.9. The SMILES string of the molecule is Cc1nc(-c2ccc(C(C)(C)C)cc2)nc(C)c1C(=O)C[C@@H](CCN)C(=O)N(C)[C@@H]1C(=O)C[C@@H](C)C(=O)N[C@H](C(=O)CCC#N)Cc2ccc(O)c(c2)-c2cc1ccc2OCCN=C(N)N.S. The van der Waals surface area contributed by atoms with Crippen molar-refractivity contribution in [1.82, 2.24) is 20.2 Å². The van der Waals surface area contributed by atoms with Crippen molar-refractivity contribution in [2.45, 2.75) is 97.6 Å². The first-order valence-electron chi connectivity index (χ1n) is 22.1. The maximum Gasteiger partial charge on any atom is 0.226 e. The Hall–Kier alpha value is -6.64. The topological polar surface area (TPSA) is 270 Å². The fraction of sp³-hybridized carbons (Fsp3) is 0.420. The number of carbonyl (C=O) groups excluding carboxylic acids is 5. The third-order valence-electron chi connectivity index (χ3n) is 11.8. The summed E-state index contributed by atoms with van der Waals surface area (Å²) in [5, 5.41) is 23.3. The Morgan fingerprint density at radius 3 is 2.28 bits per heavy atom. The van der Waals surface area contributed by atoms with Gasteiger partial charge in [-0.1, -0.05) is 64.1 Å². The Labute approximate surface area is 399 Å². The summed E-state index contributed by atoms with van der Waals surface area (Å²) in [5.74, 6) is -3.78. The Bertz CT molecular complexity index is 2520. The second-order valence-electron chi connectivity index (χ2n) is 17.9. The van der Waals surface area contributed by atoms with Gasteiger partial charge in [0.1, 0.15) is 24.1 Å². The second kappa shape index (κ2) is 23.2. The molecule has 0 aliphatic carbocycles. The standard InChI is InChI=1S/C50H61N9O7.H2S/c1-28-23-42(63)45(59(7)48(65)34(18-20-52)27-41(62)44-29(2)56-46(57-30(44)3)32-11-14-35(15-12-32)50(4,5)6)33-13-17-43(66-22-21-55-49(53)54)37(26-33)36-24-31(10-16-39(36)60)25-38(58-47(28)64)40(61)9-8-19-51;/h10-17,24,26,28,34,38,45,60H,8-9,18,20-23,25,27,52H2,1-7H3,(H,58,64)(H4,53,54,55);1H2/t28-,34-,38+,45+;/m1./s1. The number of likely N-dealkylation sites (N-methyl/N-ethyl adjacent to an activating group) is 1. The molecule has 2 heterocycles. The molecule has 4 atom stereocenters. The number of phenols is 1. The lowest BCUT2D eigenvalue weighted by Gasteiger charge is -2.32. The van der Waals surface area contributed by atoms with E-state index in [1.165, 1.54) is 18.0 Å². The largest absolute Gasteiger partial charge is 0.507 e. The number of fused-ring (bicyclic) bond motifs is 5. The quantitative estimate of drug-likeness (QED) is 0.0431. The van der Waals surface area contributed by atoms with Crippen LogP contribution in [-0.2, 0) is 31.0 Å². The number of aliphatic imine (C=N–C) groups is 1. The number of hydrogen-bond acceptors (Lipinski definition) is 12. The van der Waals surface area contributed by atoms with E-state index in [1.54, 1.807) is 51.1 Å². The van der Waals surface area contributed by atoms with Gasteiger partial charge in [-0.3, -0.25) is 29.0 Å². The average molecular weight is 934 g/mol. The molecule has 4 aromatic rings. The third kappa shape index (κ3) is 13.3. The van der Waals surface area contributed by atoms with Crippen LogP contribution in [0.15, 0.2) is 65.7 Å². The van der Waals surface area contributed by atoms with Crippen LogP contribution >= 0.6 is 13.5 Å². The molecule has 0 radical (unpaired) electrons. The first kappa shape index (κ1) is 53.0. The van der Waals surface area contributed by atoms with Gasteiger partial charge in [0.05, 0.1) is 35.6 Å². The Balaban J connectivity index is 0.00000980. The van der Waals surface area contributed by atoms with Gasteiger partial charge in [0, 0.05) is 61.3 Å². The molecule has 0 spiro atoms. The molecule has 0 saturated carbocycles. The molecule has 4 bridgehead atoms. The normalized spacial score (nSPS) is 16.6. The number of nitriles is 1. The van der Waals surface area contributed by atoms with Crippen molar-refractivity contribution in [2.24, 2.45) is 34.0 Å². The summed E-state index contributed by atoms with van der Waals surface area (Å²) in [7, 11) is 1.47. The lowest BCUT2D eigenvalue weighted by Crippen LogP contribution is -2.46. The highest BCUT2D eigenvalue weighted by Crippen LogP contribution is 2.40. The van der Waals surface area contributed by atoms with E-state index in [4.69, 9.17) is 31.9 Å². The van der Waals surface area contributed by atoms with Crippen LogP contribution in [0, 0.1) is 37.0 Å². The van der Waals surface area contributed by atoms with Crippen LogP contribution < -0.4 is 27.3 Å². The number of nitrogens with one attached hydrogen (secondary N) is 1. The number of ketones is 3. The Morgan fingerprint density at radius 2 is 1.67 bits per heavy atom. The van der Waals surface area contributed by atoms with E-state index in [-0.39, 0.29) is 106 Å². The number of aryl methyl sites for hydroxylation is 2. The van der Waals surface area contributed by atoms with Gasteiger partial charge < -0.3 is 37.3 Å². The highest BCUT2D eigenvalue weighted by Gasteiger charge is 2.36. The smallest absolute Gasteiger partial charge is 0.226 e. The lowest BCUT2D eigenvalue weighted by molar-refractivity contribution is -0.142. The van der Waals surface area contributed by atoms with Gasteiger partial charge in [-0.2, -0.15) is 18.8 Å². The maximum atomic E-state index is 14.8. The number of aromatic hydroxyl groups is 1. The van der Waals surface area contributed by atoms with Gasteiger partial charge in [0.25, 0.3) is 0 Å². The zero-order chi connectivity index (χ0) is 48.5. The summed E-state index contributed by atoms with van der Waals surface area (Å²) in [6.07, 6.45) is -0.607. The zero-order valence-electron chi connectivity index (χ0n) is 39.3. The van der Waals surface area contributed by atoms with E-state index < -0.39 is 41.5 Å². The van der Waals surface area contributed by atoms with E-state index in [2.05, 4.69) is 31.1 Å². The van der Waals surface area contributed by atoms with E-state index in [0.29, 0.717) is 45.2 Å². The van der Waals surface area contributed by atoms with Crippen LogP contribution in [0.5, 0.6) is 11.5 Å². The number of nitrogens with zero attached hydrogens (tertiary/aromatic N) is 5. The first-order valence-corrected chi connectivity index (χ1v) is 22.1. The number of hydrogen-bond donors (Lipinski definition) is 5. The van der Waals surface area contributed by atoms with Crippen LogP contribution in [0.25, 0.3) is 22.5 Å². The average Bonchev–Trinajstić information content (AvgIpc) is 3.26. The number of rotatable bonds is 15. The summed E-state index contributed by atoms with van der Waals surface area (Å²) in [5.41, 5.74) is 21.8. The molecular weight excluding hydrogens is 871 g/mol. The van der Waals surface area contributed by atoms with Crippen LogP contribution in [0.3, 0.4) is 0 Å². The molecule has 1 aromatic heterocycles. The van der Waals surface area contributed by atoms with Crippen molar-refractivity contribution in [3.63, 3.8) is 0 Å². The van der Waals surface area contributed by atoms with Crippen molar-refractivity contribution in [2.75, 3.05) is 26.7 Å². The molecule has 0 unspecified atom stereocenters. The predicted molar refractivity (Wildman–Crippen MR) is 262 cm³/mol. The van der Waals surface area contributed by atoms with Crippen LogP contribution in [0.2, 0.25) is 0 Å². The number of guanidine groups is 1. The van der Waals surface area contributed by atoms with Gasteiger partial charge in [0.15, 0.2) is 29.1 Å². The fourth-order valence-corrected chi connectivity index (χ4v) is 8.21. The number of aromatic nitrogens is 2.